The number of hydrogen-bond donors (Lipinski definition) is 2. The largest absolute Gasteiger partial charge is 0.497 e. The van der Waals surface area contributed by atoms with Crippen molar-refractivity contribution in [2.45, 2.75) is 19.3 Å². The highest BCUT2D eigenvalue weighted by Crippen LogP contribution is 2.13. The maximum absolute atomic E-state index is 11.8. The molecule has 1 rings (SSSR count). The minimum atomic E-state index is -0.115. The van der Waals surface area contributed by atoms with E-state index in [1.807, 2.05) is 0 Å². The number of benzene rings is 1. The molecule has 112 valence electrons. The van der Waals surface area contributed by atoms with Gasteiger partial charge in [-0.05, 0) is 37.2 Å². The van der Waals surface area contributed by atoms with E-state index in [1.165, 1.54) is 0 Å². The van der Waals surface area contributed by atoms with Gasteiger partial charge in [-0.2, -0.15) is 0 Å². The maximum Gasteiger partial charge on any atom is 0.220 e. The molecule has 0 atom stereocenters. The van der Waals surface area contributed by atoms with E-state index in [-0.39, 0.29) is 36.9 Å². The predicted octanol–water partition coefficient (Wildman–Crippen LogP) is 1.54. The first-order valence-corrected chi connectivity index (χ1v) is 6.31. The summed E-state index contributed by atoms with van der Waals surface area (Å²) in [6.45, 7) is 1.11. The van der Waals surface area contributed by atoms with Crippen LogP contribution in [-0.4, -0.2) is 31.9 Å². The molecule has 1 amide bonds. The molecule has 0 unspecified atom stereocenters. The number of carbonyl (C=O) groups excluding carboxylic acids is 2. The van der Waals surface area contributed by atoms with Gasteiger partial charge in [-0.3, -0.25) is 9.59 Å². The number of rotatable bonds is 8. The monoisotopic (exact) mass is 300 g/mol. The van der Waals surface area contributed by atoms with Crippen LogP contribution in [0, 0.1) is 0 Å². The van der Waals surface area contributed by atoms with E-state index in [1.54, 1.807) is 31.4 Å². The highest BCUT2D eigenvalue weighted by atomic mass is 35.5. The number of nitrogens with two attached hydrogens (primary N) is 1. The molecule has 0 aliphatic heterocycles. The molecule has 0 heterocycles. The average molecular weight is 301 g/mol. The summed E-state index contributed by atoms with van der Waals surface area (Å²) in [4.78, 5) is 23.3. The van der Waals surface area contributed by atoms with Crippen LogP contribution in [0.5, 0.6) is 5.75 Å². The number of nitrogens with one attached hydrogen (secondary N) is 1. The van der Waals surface area contributed by atoms with E-state index in [0.29, 0.717) is 24.4 Å². The van der Waals surface area contributed by atoms with Crippen LogP contribution in [0.15, 0.2) is 24.3 Å². The zero-order valence-electron chi connectivity index (χ0n) is 11.6. The predicted molar refractivity (Wildman–Crippen MR) is 80.5 cm³/mol. The van der Waals surface area contributed by atoms with Crippen molar-refractivity contribution in [3.63, 3.8) is 0 Å². The summed E-state index contributed by atoms with van der Waals surface area (Å²) < 4.78 is 5.02. The van der Waals surface area contributed by atoms with Crippen molar-refractivity contribution in [2.24, 2.45) is 5.73 Å². The molecule has 5 nitrogen and oxygen atoms in total. The van der Waals surface area contributed by atoms with Crippen molar-refractivity contribution in [2.75, 3.05) is 20.2 Å². The van der Waals surface area contributed by atoms with Crippen LogP contribution in [0.4, 0.5) is 0 Å². The normalized spacial score (nSPS) is 9.50. The molecular formula is C14H21ClN2O3. The number of hydrogen-bond acceptors (Lipinski definition) is 4. The Morgan fingerprint density at radius 2 is 1.85 bits per heavy atom. The second-order valence-electron chi connectivity index (χ2n) is 4.14. The second-order valence-corrected chi connectivity index (χ2v) is 4.14. The Balaban J connectivity index is 0.00000361. The lowest BCUT2D eigenvalue weighted by Crippen LogP contribution is -2.26. The van der Waals surface area contributed by atoms with Crippen LogP contribution < -0.4 is 15.8 Å². The van der Waals surface area contributed by atoms with Crippen LogP contribution in [0.2, 0.25) is 0 Å². The first kappa shape index (κ1) is 18.4. The van der Waals surface area contributed by atoms with Crippen molar-refractivity contribution >= 4 is 24.1 Å². The summed E-state index contributed by atoms with van der Waals surface area (Å²) in [6, 6.07) is 6.87. The van der Waals surface area contributed by atoms with Gasteiger partial charge in [-0.25, -0.2) is 0 Å². The summed E-state index contributed by atoms with van der Waals surface area (Å²) in [5.41, 5.74) is 5.91. The lowest BCUT2D eigenvalue weighted by atomic mass is 10.1. The number of methoxy groups -OCH3 is 1. The quantitative estimate of drug-likeness (QED) is 0.564. The fourth-order valence-corrected chi connectivity index (χ4v) is 1.57. The van der Waals surface area contributed by atoms with Crippen molar-refractivity contribution in [1.82, 2.24) is 5.32 Å². The van der Waals surface area contributed by atoms with Gasteiger partial charge in [0.05, 0.1) is 7.11 Å². The molecule has 0 aromatic heterocycles. The number of ether oxygens (including phenoxy) is 1. The fraction of sp³-hybridized carbons (Fsp3) is 0.429. The Morgan fingerprint density at radius 3 is 2.40 bits per heavy atom. The molecule has 0 aliphatic carbocycles. The van der Waals surface area contributed by atoms with E-state index < -0.39 is 0 Å². The molecule has 6 heteroatoms. The fourth-order valence-electron chi connectivity index (χ4n) is 1.57. The smallest absolute Gasteiger partial charge is 0.220 e. The summed E-state index contributed by atoms with van der Waals surface area (Å²) in [5, 5.41) is 2.72. The van der Waals surface area contributed by atoms with E-state index in [2.05, 4.69) is 5.32 Å². The van der Waals surface area contributed by atoms with Gasteiger partial charge in [0.2, 0.25) is 5.91 Å². The van der Waals surface area contributed by atoms with Gasteiger partial charge < -0.3 is 15.8 Å². The topological polar surface area (TPSA) is 81.4 Å². The summed E-state index contributed by atoms with van der Waals surface area (Å²) in [6.07, 6.45) is 1.16. The maximum atomic E-state index is 11.8. The Morgan fingerprint density at radius 1 is 1.20 bits per heavy atom. The van der Waals surface area contributed by atoms with Crippen LogP contribution in [-0.2, 0) is 4.79 Å². The van der Waals surface area contributed by atoms with Crippen LogP contribution in [0.25, 0.3) is 0 Å². The van der Waals surface area contributed by atoms with Crippen molar-refractivity contribution in [3.8, 4) is 5.75 Å². The lowest BCUT2D eigenvalue weighted by molar-refractivity contribution is -0.121. The minimum absolute atomic E-state index is 0. The van der Waals surface area contributed by atoms with Crippen LogP contribution >= 0.6 is 12.4 Å². The molecule has 0 saturated carbocycles. The Bertz CT molecular complexity index is 421. The lowest BCUT2D eigenvalue weighted by Gasteiger charge is -2.04. The Kier molecular flexibility index (Phi) is 9.41. The van der Waals surface area contributed by atoms with Gasteiger partial charge >= 0.3 is 0 Å². The number of amides is 1. The number of halogens is 1. The van der Waals surface area contributed by atoms with E-state index >= 15 is 0 Å². The molecule has 0 saturated heterocycles. The summed E-state index contributed by atoms with van der Waals surface area (Å²) in [5.74, 6) is 0.544. The van der Waals surface area contributed by atoms with Crippen molar-refractivity contribution < 1.29 is 14.3 Å². The molecule has 0 aliphatic rings. The summed E-state index contributed by atoms with van der Waals surface area (Å²) in [7, 11) is 1.57. The first-order chi connectivity index (χ1) is 9.17. The zero-order valence-corrected chi connectivity index (χ0v) is 12.4. The molecule has 0 bridgehead atoms. The number of Topliss-reactive ketones (excluding diaryl/α,β-unsaturated/α-hetero) is 1. The van der Waals surface area contributed by atoms with Gasteiger partial charge in [-0.1, -0.05) is 0 Å². The third-order valence-corrected chi connectivity index (χ3v) is 2.69. The van der Waals surface area contributed by atoms with Crippen LogP contribution in [0.1, 0.15) is 29.6 Å². The Hall–Kier alpha value is -1.59. The SMILES string of the molecule is COc1ccc(C(=O)CCC(=O)NCCCN)cc1.Cl. The molecule has 3 N–H and O–H groups in total. The molecule has 0 fully saturated rings. The van der Waals surface area contributed by atoms with Gasteiger partial charge in [0.15, 0.2) is 5.78 Å². The third-order valence-electron chi connectivity index (χ3n) is 2.69. The minimum Gasteiger partial charge on any atom is -0.497 e. The second kappa shape index (κ2) is 10.2. The zero-order chi connectivity index (χ0) is 14.1. The van der Waals surface area contributed by atoms with Crippen LogP contribution in [0.3, 0.4) is 0 Å². The highest BCUT2D eigenvalue weighted by Gasteiger charge is 2.09. The van der Waals surface area contributed by atoms with Gasteiger partial charge in [-0.15, -0.1) is 12.4 Å². The first-order valence-electron chi connectivity index (χ1n) is 6.31. The molecule has 1 aromatic rings. The number of carbonyl (C=O) groups is 2. The van der Waals surface area contributed by atoms with Gasteiger partial charge in [0.25, 0.3) is 0 Å². The van der Waals surface area contributed by atoms with Crippen molar-refractivity contribution in [1.29, 1.82) is 0 Å². The third kappa shape index (κ3) is 6.54. The summed E-state index contributed by atoms with van der Waals surface area (Å²) >= 11 is 0. The van der Waals surface area contributed by atoms with Gasteiger partial charge in [0, 0.05) is 24.9 Å². The molecule has 20 heavy (non-hydrogen) atoms. The number of ketones is 1. The van der Waals surface area contributed by atoms with Crippen molar-refractivity contribution in [3.05, 3.63) is 29.8 Å². The molecular weight excluding hydrogens is 280 g/mol. The van der Waals surface area contributed by atoms with E-state index in [4.69, 9.17) is 10.5 Å². The van der Waals surface area contributed by atoms with Gasteiger partial charge in [0.1, 0.15) is 5.75 Å². The Labute approximate surface area is 125 Å². The van der Waals surface area contributed by atoms with E-state index in [9.17, 15) is 9.59 Å². The standard InChI is InChI=1S/C14H20N2O3.ClH/c1-19-12-5-3-11(4-6-12)13(17)7-8-14(18)16-10-2-9-15;/h3-6H,2,7-10,15H2,1H3,(H,16,18);1H. The molecule has 0 radical (unpaired) electrons. The molecule has 0 spiro atoms. The van der Waals surface area contributed by atoms with E-state index in [0.717, 1.165) is 6.42 Å². The highest BCUT2D eigenvalue weighted by molar-refractivity contribution is 5.98. The average Bonchev–Trinajstić information content (AvgIpc) is 2.45. The molecule has 1 aromatic carbocycles.